The van der Waals surface area contributed by atoms with Crippen molar-refractivity contribution in [2.24, 2.45) is 0 Å². The van der Waals surface area contributed by atoms with Crippen molar-refractivity contribution in [3.05, 3.63) is 0 Å². The molecule has 0 radical (unpaired) electrons. The summed E-state index contributed by atoms with van der Waals surface area (Å²) in [5.74, 6) is -0.385. The second kappa shape index (κ2) is 7.33. The number of amides is 1. The van der Waals surface area contributed by atoms with E-state index >= 15 is 0 Å². The van der Waals surface area contributed by atoms with Crippen LogP contribution in [0.4, 0.5) is 0 Å². The van der Waals surface area contributed by atoms with E-state index in [4.69, 9.17) is 4.74 Å². The molecule has 0 aromatic rings. The van der Waals surface area contributed by atoms with Gasteiger partial charge in [-0.2, -0.15) is 0 Å². The lowest BCUT2D eigenvalue weighted by Gasteiger charge is -2.34. The molecule has 1 aliphatic heterocycles. The first-order chi connectivity index (χ1) is 8.51. The summed E-state index contributed by atoms with van der Waals surface area (Å²) in [5, 5.41) is 2.70. The van der Waals surface area contributed by atoms with Gasteiger partial charge >= 0.3 is 5.97 Å². The molecule has 6 heteroatoms. The maximum absolute atomic E-state index is 11.6. The molecule has 0 aromatic carbocycles. The Bertz CT molecular complexity index is 286. The van der Waals surface area contributed by atoms with E-state index < -0.39 is 0 Å². The average Bonchev–Trinajstić information content (AvgIpc) is 2.27. The first-order valence-electron chi connectivity index (χ1n) is 6.22. The second-order valence-corrected chi connectivity index (χ2v) is 4.63. The van der Waals surface area contributed by atoms with Gasteiger partial charge in [0.05, 0.1) is 32.3 Å². The molecule has 2 unspecified atom stereocenters. The third kappa shape index (κ3) is 5.46. The Balaban J connectivity index is 2.21. The lowest BCUT2D eigenvalue weighted by Crippen LogP contribution is -2.49. The van der Waals surface area contributed by atoms with Gasteiger partial charge in [0.25, 0.3) is 0 Å². The number of ether oxygens (including phenoxy) is 2. The molecule has 18 heavy (non-hydrogen) atoms. The van der Waals surface area contributed by atoms with Gasteiger partial charge in [0, 0.05) is 19.6 Å². The predicted octanol–water partition coefficient (Wildman–Crippen LogP) is -0.225. The van der Waals surface area contributed by atoms with Crippen LogP contribution in [-0.4, -0.2) is 62.3 Å². The van der Waals surface area contributed by atoms with Crippen molar-refractivity contribution in [3.63, 3.8) is 0 Å². The van der Waals surface area contributed by atoms with Gasteiger partial charge in [-0.05, 0) is 13.8 Å². The molecular formula is C12H22N2O4. The summed E-state index contributed by atoms with van der Waals surface area (Å²) in [6.45, 7) is 6.18. The number of methoxy groups -OCH3 is 1. The van der Waals surface area contributed by atoms with Crippen LogP contribution in [0.1, 0.15) is 20.3 Å². The SMILES string of the molecule is COC(=O)CCNC(=O)CN1CC(C)OC(C)C1. The van der Waals surface area contributed by atoms with Crippen molar-refractivity contribution in [1.29, 1.82) is 0 Å². The molecule has 1 rings (SSSR count). The van der Waals surface area contributed by atoms with E-state index in [0.29, 0.717) is 13.1 Å². The molecule has 0 saturated carbocycles. The molecular weight excluding hydrogens is 236 g/mol. The quantitative estimate of drug-likeness (QED) is 0.690. The molecule has 1 fully saturated rings. The summed E-state index contributed by atoms with van der Waals surface area (Å²) < 4.78 is 10.1. The number of nitrogens with one attached hydrogen (secondary N) is 1. The number of carbonyl (C=O) groups excluding carboxylic acids is 2. The number of carbonyl (C=O) groups is 2. The zero-order valence-corrected chi connectivity index (χ0v) is 11.3. The number of hydrogen-bond donors (Lipinski definition) is 1. The molecule has 104 valence electrons. The molecule has 0 spiro atoms. The zero-order chi connectivity index (χ0) is 13.5. The van der Waals surface area contributed by atoms with E-state index in [9.17, 15) is 9.59 Å². The Labute approximate surface area is 108 Å². The molecule has 0 aromatic heterocycles. The molecule has 6 nitrogen and oxygen atoms in total. The van der Waals surface area contributed by atoms with Gasteiger partial charge in [0.1, 0.15) is 0 Å². The first-order valence-corrected chi connectivity index (χ1v) is 6.22. The summed E-state index contributed by atoms with van der Waals surface area (Å²) in [5.41, 5.74) is 0. The fourth-order valence-corrected chi connectivity index (χ4v) is 2.08. The minimum absolute atomic E-state index is 0.0693. The van der Waals surface area contributed by atoms with Crippen LogP contribution in [0.15, 0.2) is 0 Å². The van der Waals surface area contributed by atoms with E-state index in [1.807, 2.05) is 13.8 Å². The van der Waals surface area contributed by atoms with Gasteiger partial charge in [0.15, 0.2) is 0 Å². The third-order valence-electron chi connectivity index (χ3n) is 2.74. The van der Waals surface area contributed by atoms with E-state index in [0.717, 1.165) is 13.1 Å². The van der Waals surface area contributed by atoms with Crippen LogP contribution in [0.2, 0.25) is 0 Å². The number of hydrogen-bond acceptors (Lipinski definition) is 5. The predicted molar refractivity (Wildman–Crippen MR) is 66.1 cm³/mol. The maximum atomic E-state index is 11.6. The molecule has 0 aliphatic carbocycles. The average molecular weight is 258 g/mol. The van der Waals surface area contributed by atoms with Crippen LogP contribution >= 0.6 is 0 Å². The van der Waals surface area contributed by atoms with Crippen LogP contribution in [0.3, 0.4) is 0 Å². The normalized spacial score (nSPS) is 24.6. The topological polar surface area (TPSA) is 67.9 Å². The van der Waals surface area contributed by atoms with Gasteiger partial charge < -0.3 is 14.8 Å². The summed E-state index contributed by atoms with van der Waals surface area (Å²) in [7, 11) is 1.33. The van der Waals surface area contributed by atoms with Crippen molar-refractivity contribution in [3.8, 4) is 0 Å². The Kier molecular flexibility index (Phi) is 6.07. The Morgan fingerprint density at radius 1 is 1.33 bits per heavy atom. The highest BCUT2D eigenvalue weighted by molar-refractivity contribution is 5.78. The monoisotopic (exact) mass is 258 g/mol. The molecule has 1 amide bonds. The highest BCUT2D eigenvalue weighted by Gasteiger charge is 2.23. The highest BCUT2D eigenvalue weighted by Crippen LogP contribution is 2.09. The number of morpholine rings is 1. The Hall–Kier alpha value is -1.14. The number of rotatable bonds is 5. The molecule has 2 atom stereocenters. The van der Waals surface area contributed by atoms with Crippen LogP contribution in [0.5, 0.6) is 0 Å². The van der Waals surface area contributed by atoms with Crippen molar-refractivity contribution in [1.82, 2.24) is 10.2 Å². The number of esters is 1. The second-order valence-electron chi connectivity index (χ2n) is 4.63. The van der Waals surface area contributed by atoms with Gasteiger partial charge in [-0.1, -0.05) is 0 Å². The standard InChI is InChI=1S/C12H22N2O4/c1-9-6-14(7-10(2)18-9)8-11(15)13-5-4-12(16)17-3/h9-10H,4-8H2,1-3H3,(H,13,15). The van der Waals surface area contributed by atoms with E-state index in [1.54, 1.807) is 0 Å². The lowest BCUT2D eigenvalue weighted by atomic mass is 10.2. The van der Waals surface area contributed by atoms with E-state index in [2.05, 4.69) is 15.0 Å². The van der Waals surface area contributed by atoms with E-state index in [1.165, 1.54) is 7.11 Å². The van der Waals surface area contributed by atoms with E-state index in [-0.39, 0.29) is 30.5 Å². The summed E-state index contributed by atoms with van der Waals surface area (Å²) in [6.07, 6.45) is 0.506. The van der Waals surface area contributed by atoms with Crippen LogP contribution in [-0.2, 0) is 19.1 Å². The summed E-state index contributed by atoms with van der Waals surface area (Å²) in [4.78, 5) is 24.6. The molecule has 0 bridgehead atoms. The lowest BCUT2D eigenvalue weighted by molar-refractivity contribution is -0.140. The van der Waals surface area contributed by atoms with Crippen molar-refractivity contribution >= 4 is 11.9 Å². The Morgan fingerprint density at radius 2 is 1.94 bits per heavy atom. The molecule has 1 heterocycles. The first kappa shape index (κ1) is 14.9. The summed E-state index contributed by atoms with van der Waals surface area (Å²) >= 11 is 0. The third-order valence-corrected chi connectivity index (χ3v) is 2.74. The van der Waals surface area contributed by atoms with Crippen molar-refractivity contribution < 1.29 is 19.1 Å². The molecule has 1 N–H and O–H groups in total. The fraction of sp³-hybridized carbons (Fsp3) is 0.833. The summed E-state index contributed by atoms with van der Waals surface area (Å²) in [6, 6.07) is 0. The Morgan fingerprint density at radius 3 is 2.50 bits per heavy atom. The fourth-order valence-electron chi connectivity index (χ4n) is 2.08. The van der Waals surface area contributed by atoms with Crippen LogP contribution < -0.4 is 5.32 Å². The zero-order valence-electron chi connectivity index (χ0n) is 11.3. The maximum Gasteiger partial charge on any atom is 0.307 e. The van der Waals surface area contributed by atoms with Gasteiger partial charge in [-0.15, -0.1) is 0 Å². The van der Waals surface area contributed by atoms with Gasteiger partial charge in [-0.25, -0.2) is 0 Å². The van der Waals surface area contributed by atoms with Crippen LogP contribution in [0.25, 0.3) is 0 Å². The molecule has 1 aliphatic rings. The van der Waals surface area contributed by atoms with Gasteiger partial charge in [-0.3, -0.25) is 14.5 Å². The minimum Gasteiger partial charge on any atom is -0.469 e. The smallest absolute Gasteiger partial charge is 0.307 e. The number of nitrogens with zero attached hydrogens (tertiary/aromatic N) is 1. The van der Waals surface area contributed by atoms with Gasteiger partial charge in [0.2, 0.25) is 5.91 Å². The van der Waals surface area contributed by atoms with Crippen molar-refractivity contribution in [2.75, 3.05) is 33.3 Å². The van der Waals surface area contributed by atoms with Crippen LogP contribution in [0, 0.1) is 0 Å². The minimum atomic E-state index is -0.316. The molecule has 1 saturated heterocycles. The van der Waals surface area contributed by atoms with Crippen molar-refractivity contribution in [2.45, 2.75) is 32.5 Å². The highest BCUT2D eigenvalue weighted by atomic mass is 16.5. The largest absolute Gasteiger partial charge is 0.469 e.